The lowest BCUT2D eigenvalue weighted by Crippen LogP contribution is -2.59. The number of nitrogens with zero attached hydrogens (tertiary/aromatic N) is 1. The molecule has 2 atom stereocenters. The molecule has 1 aliphatic carbocycles. The van der Waals surface area contributed by atoms with Gasteiger partial charge in [0.1, 0.15) is 12.2 Å². The molecule has 6 nitrogen and oxygen atoms in total. The van der Waals surface area contributed by atoms with Crippen molar-refractivity contribution in [3.63, 3.8) is 0 Å². The Morgan fingerprint density at radius 3 is 2.36 bits per heavy atom. The second-order valence-electron chi connectivity index (χ2n) is 8.89. The maximum absolute atomic E-state index is 12.4. The molecule has 0 aromatic heterocycles. The summed E-state index contributed by atoms with van der Waals surface area (Å²) in [7, 11) is 0. The van der Waals surface area contributed by atoms with E-state index in [0.29, 0.717) is 31.5 Å². The number of benzene rings is 1. The highest BCUT2D eigenvalue weighted by molar-refractivity contribution is 5.71. The Bertz CT molecular complexity index is 657. The molecule has 3 rings (SSSR count). The summed E-state index contributed by atoms with van der Waals surface area (Å²) < 4.78 is 10.9. The topological polar surface area (TPSA) is 67.9 Å². The van der Waals surface area contributed by atoms with E-state index in [0.717, 1.165) is 18.4 Å². The van der Waals surface area contributed by atoms with Crippen LogP contribution in [0.5, 0.6) is 0 Å². The fourth-order valence-electron chi connectivity index (χ4n) is 4.24. The van der Waals surface area contributed by atoms with Crippen LogP contribution >= 0.6 is 0 Å². The number of carbonyl (C=O) groups is 2. The Hall–Kier alpha value is -2.08. The fourth-order valence-corrected chi connectivity index (χ4v) is 4.24. The Balaban J connectivity index is 1.48. The first kappa shape index (κ1) is 20.6. The molecule has 1 saturated carbocycles. The van der Waals surface area contributed by atoms with Crippen LogP contribution < -0.4 is 5.32 Å². The number of ether oxygens (including phenoxy) is 2. The van der Waals surface area contributed by atoms with Gasteiger partial charge < -0.3 is 19.7 Å². The summed E-state index contributed by atoms with van der Waals surface area (Å²) in [5.74, 6) is 0.459. The van der Waals surface area contributed by atoms with Gasteiger partial charge in [0, 0.05) is 19.1 Å². The number of hydrogen-bond acceptors (Lipinski definition) is 5. The van der Waals surface area contributed by atoms with Gasteiger partial charge in [0.2, 0.25) is 0 Å². The summed E-state index contributed by atoms with van der Waals surface area (Å²) in [5, 5.41) is 3.41. The first-order chi connectivity index (χ1) is 13.3. The minimum absolute atomic E-state index is 0.205. The minimum atomic E-state index is -0.482. The normalized spacial score (nSPS) is 24.5. The molecule has 2 bridgehead atoms. The van der Waals surface area contributed by atoms with E-state index in [1.165, 1.54) is 6.42 Å². The SMILES string of the molecule is CC(C)(C)OC(=O)N1CC2CCCC(C1)C2NCC(=O)OCc1ccccc1. The third kappa shape index (κ3) is 5.71. The standard InChI is InChI=1S/C22H32N2O4/c1-22(2,3)28-21(26)24-13-17-10-7-11-18(14-24)20(17)23-12-19(25)27-15-16-8-5-4-6-9-16/h4-6,8-9,17-18,20,23H,7,10-15H2,1-3H3. The zero-order valence-electron chi connectivity index (χ0n) is 17.1. The van der Waals surface area contributed by atoms with Crippen molar-refractivity contribution in [1.82, 2.24) is 10.2 Å². The predicted octanol–water partition coefficient (Wildman–Crippen LogP) is 3.36. The van der Waals surface area contributed by atoms with Crippen molar-refractivity contribution in [2.75, 3.05) is 19.6 Å². The molecule has 1 N–H and O–H groups in total. The van der Waals surface area contributed by atoms with Crippen LogP contribution in [0.4, 0.5) is 4.79 Å². The van der Waals surface area contributed by atoms with Crippen molar-refractivity contribution in [1.29, 1.82) is 0 Å². The Morgan fingerprint density at radius 1 is 1.11 bits per heavy atom. The van der Waals surface area contributed by atoms with Crippen molar-refractivity contribution < 1.29 is 19.1 Å². The molecule has 6 heteroatoms. The maximum Gasteiger partial charge on any atom is 0.410 e. The number of hydrogen-bond donors (Lipinski definition) is 1. The maximum atomic E-state index is 12.4. The number of amides is 1. The van der Waals surface area contributed by atoms with E-state index in [-0.39, 0.29) is 24.6 Å². The molecule has 2 fully saturated rings. The lowest BCUT2D eigenvalue weighted by atomic mass is 9.73. The minimum Gasteiger partial charge on any atom is -0.460 e. The molecule has 2 aliphatic rings. The molecule has 1 amide bonds. The molecule has 0 radical (unpaired) electrons. The first-order valence-electron chi connectivity index (χ1n) is 10.2. The summed E-state index contributed by atoms with van der Waals surface area (Å²) in [6, 6.07) is 9.93. The van der Waals surface area contributed by atoms with Gasteiger partial charge in [-0.3, -0.25) is 4.79 Å². The quantitative estimate of drug-likeness (QED) is 0.784. The lowest BCUT2D eigenvalue weighted by Gasteiger charge is -2.47. The van der Waals surface area contributed by atoms with Crippen LogP contribution in [0, 0.1) is 11.8 Å². The summed E-state index contributed by atoms with van der Waals surface area (Å²) in [6.45, 7) is 7.54. The van der Waals surface area contributed by atoms with E-state index in [1.807, 2.05) is 56.0 Å². The smallest absolute Gasteiger partial charge is 0.410 e. The molecule has 1 aromatic rings. The lowest BCUT2D eigenvalue weighted by molar-refractivity contribution is -0.144. The molecule has 0 spiro atoms. The van der Waals surface area contributed by atoms with Gasteiger partial charge in [0.15, 0.2) is 0 Å². The van der Waals surface area contributed by atoms with E-state index in [1.54, 1.807) is 0 Å². The average Bonchev–Trinajstić information content (AvgIpc) is 2.63. The Kier molecular flexibility index (Phi) is 6.60. The molecular weight excluding hydrogens is 356 g/mol. The Labute approximate surface area is 167 Å². The molecule has 1 aromatic carbocycles. The number of carbonyl (C=O) groups excluding carboxylic acids is 2. The van der Waals surface area contributed by atoms with Crippen molar-refractivity contribution in [3.8, 4) is 0 Å². The van der Waals surface area contributed by atoms with E-state index >= 15 is 0 Å². The summed E-state index contributed by atoms with van der Waals surface area (Å²) in [4.78, 5) is 26.4. The Morgan fingerprint density at radius 2 is 1.75 bits per heavy atom. The largest absolute Gasteiger partial charge is 0.460 e. The molecular formula is C22H32N2O4. The third-order valence-corrected chi connectivity index (χ3v) is 5.45. The molecule has 1 saturated heterocycles. The fraction of sp³-hybridized carbons (Fsp3) is 0.636. The molecule has 154 valence electrons. The highest BCUT2D eigenvalue weighted by Crippen LogP contribution is 2.35. The van der Waals surface area contributed by atoms with Crippen LogP contribution in [0.3, 0.4) is 0 Å². The second kappa shape index (κ2) is 8.95. The van der Waals surface area contributed by atoms with Gasteiger partial charge in [-0.15, -0.1) is 0 Å². The number of rotatable bonds is 5. The van der Waals surface area contributed by atoms with Gasteiger partial charge in [-0.05, 0) is 51.0 Å². The number of nitrogens with one attached hydrogen (secondary N) is 1. The van der Waals surface area contributed by atoms with Crippen LogP contribution in [-0.4, -0.2) is 48.2 Å². The second-order valence-corrected chi connectivity index (χ2v) is 8.89. The van der Waals surface area contributed by atoms with Gasteiger partial charge in [-0.25, -0.2) is 4.79 Å². The number of fused-ring (bicyclic) bond motifs is 2. The number of esters is 1. The highest BCUT2D eigenvalue weighted by Gasteiger charge is 2.41. The van der Waals surface area contributed by atoms with Crippen LogP contribution in [0.25, 0.3) is 0 Å². The molecule has 1 heterocycles. The van der Waals surface area contributed by atoms with Crippen LogP contribution in [0.1, 0.15) is 45.6 Å². The van der Waals surface area contributed by atoms with Crippen LogP contribution in [0.15, 0.2) is 30.3 Å². The predicted molar refractivity (Wildman–Crippen MR) is 107 cm³/mol. The summed E-state index contributed by atoms with van der Waals surface area (Å²) >= 11 is 0. The van der Waals surface area contributed by atoms with Crippen molar-refractivity contribution in [2.45, 2.75) is 58.3 Å². The highest BCUT2D eigenvalue weighted by atomic mass is 16.6. The van der Waals surface area contributed by atoms with E-state index in [4.69, 9.17) is 9.47 Å². The third-order valence-electron chi connectivity index (χ3n) is 5.45. The number of piperidine rings is 1. The van der Waals surface area contributed by atoms with E-state index in [2.05, 4.69) is 5.32 Å². The zero-order valence-corrected chi connectivity index (χ0v) is 17.1. The zero-order chi connectivity index (χ0) is 20.1. The van der Waals surface area contributed by atoms with Gasteiger partial charge in [0.25, 0.3) is 0 Å². The van der Waals surface area contributed by atoms with E-state index in [9.17, 15) is 9.59 Å². The molecule has 1 aliphatic heterocycles. The van der Waals surface area contributed by atoms with Crippen molar-refractivity contribution in [3.05, 3.63) is 35.9 Å². The first-order valence-corrected chi connectivity index (χ1v) is 10.2. The number of likely N-dealkylation sites (tertiary alicyclic amines) is 1. The summed E-state index contributed by atoms with van der Waals surface area (Å²) in [5.41, 5.74) is 0.502. The van der Waals surface area contributed by atoms with Gasteiger partial charge >= 0.3 is 12.1 Å². The monoisotopic (exact) mass is 388 g/mol. The summed E-state index contributed by atoms with van der Waals surface area (Å²) in [6.07, 6.45) is 3.07. The van der Waals surface area contributed by atoms with Gasteiger partial charge in [-0.2, -0.15) is 0 Å². The van der Waals surface area contributed by atoms with Crippen molar-refractivity contribution >= 4 is 12.1 Å². The van der Waals surface area contributed by atoms with Crippen LogP contribution in [-0.2, 0) is 20.9 Å². The average molecular weight is 389 g/mol. The van der Waals surface area contributed by atoms with Gasteiger partial charge in [-0.1, -0.05) is 36.8 Å². The molecule has 28 heavy (non-hydrogen) atoms. The van der Waals surface area contributed by atoms with Crippen molar-refractivity contribution in [2.24, 2.45) is 11.8 Å². The van der Waals surface area contributed by atoms with Crippen LogP contribution in [0.2, 0.25) is 0 Å². The van der Waals surface area contributed by atoms with E-state index < -0.39 is 5.60 Å². The van der Waals surface area contributed by atoms with Gasteiger partial charge in [0.05, 0.1) is 6.54 Å². The molecule has 2 unspecified atom stereocenters.